The van der Waals surface area contributed by atoms with Gasteiger partial charge in [0.2, 0.25) is 0 Å². The van der Waals surface area contributed by atoms with Crippen LogP contribution in [0.5, 0.6) is 0 Å². The third-order valence-corrected chi connectivity index (χ3v) is 7.11. The van der Waals surface area contributed by atoms with Gasteiger partial charge in [0.05, 0.1) is 12.1 Å². The first-order chi connectivity index (χ1) is 20.9. The lowest BCUT2D eigenvalue weighted by atomic mass is 9.94. The van der Waals surface area contributed by atoms with E-state index in [0.29, 0.717) is 12.8 Å². The Labute approximate surface area is 252 Å². The van der Waals surface area contributed by atoms with Crippen molar-refractivity contribution < 1.29 is 24.2 Å². The van der Waals surface area contributed by atoms with Crippen molar-refractivity contribution >= 4 is 12.2 Å². The molecule has 0 spiro atoms. The predicted molar refractivity (Wildman–Crippen MR) is 163 cm³/mol. The van der Waals surface area contributed by atoms with E-state index in [2.05, 4.69) is 20.6 Å². The molecule has 0 radical (unpaired) electrons. The summed E-state index contributed by atoms with van der Waals surface area (Å²) in [5, 5.41) is 17.3. The summed E-state index contributed by atoms with van der Waals surface area (Å²) in [5.74, 6) is 0. The molecule has 0 saturated carbocycles. The lowest BCUT2D eigenvalue weighted by molar-refractivity contribution is 0.0722. The summed E-state index contributed by atoms with van der Waals surface area (Å²) in [5.41, 5.74) is 3.44. The fourth-order valence-corrected chi connectivity index (χ4v) is 4.78. The number of carbonyl (C=O) groups is 2. The van der Waals surface area contributed by atoms with Crippen LogP contribution in [-0.4, -0.2) is 45.4 Å². The summed E-state index contributed by atoms with van der Waals surface area (Å²) >= 11 is 0. The first-order valence-corrected chi connectivity index (χ1v) is 14.4. The number of aliphatic hydroxyl groups is 1. The molecule has 0 saturated heterocycles. The zero-order chi connectivity index (χ0) is 30.4. The molecule has 5 atom stereocenters. The number of amides is 2. The van der Waals surface area contributed by atoms with Crippen molar-refractivity contribution in [2.75, 3.05) is 0 Å². The molecule has 0 bridgehead atoms. The molecule has 2 amide bonds. The number of alkyl carbamates (subject to hydrolysis) is 2. The SMILES string of the molecule is CC(OC(=O)NC(Cc1ccccc1)CC(O)C(Cc1ccccc1)NC(=O)OC(C)c1cccnc1)c1cccnc1. The molecule has 2 heterocycles. The van der Waals surface area contributed by atoms with E-state index in [9.17, 15) is 14.7 Å². The van der Waals surface area contributed by atoms with Gasteiger partial charge in [-0.2, -0.15) is 0 Å². The fourth-order valence-electron chi connectivity index (χ4n) is 4.78. The minimum Gasteiger partial charge on any atom is -0.442 e. The first-order valence-electron chi connectivity index (χ1n) is 14.4. The molecule has 0 fully saturated rings. The van der Waals surface area contributed by atoms with E-state index in [4.69, 9.17) is 9.47 Å². The lowest BCUT2D eigenvalue weighted by Gasteiger charge is -2.29. The molecule has 4 aromatic rings. The number of benzene rings is 2. The molecule has 4 rings (SSSR count). The van der Waals surface area contributed by atoms with Crippen molar-refractivity contribution in [3.8, 4) is 0 Å². The third-order valence-electron chi connectivity index (χ3n) is 7.11. The Hall–Kier alpha value is -4.76. The molecule has 2 aromatic carbocycles. The molecule has 5 unspecified atom stereocenters. The molecular weight excluding hydrogens is 544 g/mol. The van der Waals surface area contributed by atoms with Gasteiger partial charge in [-0.1, -0.05) is 72.8 Å². The van der Waals surface area contributed by atoms with Crippen molar-refractivity contribution in [2.24, 2.45) is 0 Å². The normalized spacial score (nSPS) is 14.4. The summed E-state index contributed by atoms with van der Waals surface area (Å²) in [6.45, 7) is 3.53. The molecule has 9 heteroatoms. The van der Waals surface area contributed by atoms with Crippen LogP contribution in [0.25, 0.3) is 0 Å². The third kappa shape index (κ3) is 10.2. The Balaban J connectivity index is 1.47. The Morgan fingerprint density at radius 1 is 0.698 bits per heavy atom. The first kappa shape index (κ1) is 31.2. The van der Waals surface area contributed by atoms with Crippen molar-refractivity contribution in [2.45, 2.75) is 63.5 Å². The van der Waals surface area contributed by atoms with E-state index in [1.807, 2.05) is 72.8 Å². The predicted octanol–water partition coefficient (Wildman–Crippen LogP) is 5.72. The van der Waals surface area contributed by atoms with Gasteiger partial charge < -0.3 is 25.2 Å². The number of hydrogen-bond donors (Lipinski definition) is 3. The maximum absolute atomic E-state index is 13.0. The van der Waals surface area contributed by atoms with Crippen LogP contribution in [0.3, 0.4) is 0 Å². The molecule has 3 N–H and O–H groups in total. The Kier molecular flexibility index (Phi) is 11.6. The van der Waals surface area contributed by atoms with E-state index in [1.54, 1.807) is 50.8 Å². The average Bonchev–Trinajstić information content (AvgIpc) is 3.02. The second-order valence-corrected chi connectivity index (χ2v) is 10.4. The number of carbonyl (C=O) groups excluding carboxylic acids is 2. The molecule has 9 nitrogen and oxygen atoms in total. The smallest absolute Gasteiger partial charge is 0.408 e. The standard InChI is InChI=1S/C34H38N4O5/c1-24(28-15-9-17-35-22-28)42-33(40)37-30(19-26-11-5-3-6-12-26)21-32(39)31(20-27-13-7-4-8-14-27)38-34(41)43-25(2)29-16-10-18-36-23-29/h3-18,22-25,30-32,39H,19-21H2,1-2H3,(H,37,40)(H,38,41). The Bertz CT molecular complexity index is 1390. The van der Waals surface area contributed by atoms with E-state index >= 15 is 0 Å². The number of ether oxygens (including phenoxy) is 2. The zero-order valence-corrected chi connectivity index (χ0v) is 24.4. The van der Waals surface area contributed by atoms with Crippen LogP contribution in [0.2, 0.25) is 0 Å². The van der Waals surface area contributed by atoms with Gasteiger partial charge in [0, 0.05) is 42.0 Å². The number of pyridine rings is 2. The fraction of sp³-hybridized carbons (Fsp3) is 0.294. The van der Waals surface area contributed by atoms with Crippen LogP contribution in [0.1, 0.15) is 54.7 Å². The van der Waals surface area contributed by atoms with Gasteiger partial charge in [-0.3, -0.25) is 9.97 Å². The molecule has 43 heavy (non-hydrogen) atoms. The largest absolute Gasteiger partial charge is 0.442 e. The number of hydrogen-bond acceptors (Lipinski definition) is 7. The molecule has 0 aliphatic carbocycles. The molecule has 2 aromatic heterocycles. The van der Waals surface area contributed by atoms with E-state index < -0.39 is 42.6 Å². The number of aliphatic hydroxyl groups excluding tert-OH is 1. The van der Waals surface area contributed by atoms with E-state index in [0.717, 1.165) is 22.3 Å². The quantitative estimate of drug-likeness (QED) is 0.184. The minimum absolute atomic E-state index is 0.154. The molecule has 0 aliphatic heterocycles. The van der Waals surface area contributed by atoms with Crippen LogP contribution in [0, 0.1) is 0 Å². The van der Waals surface area contributed by atoms with E-state index in [-0.39, 0.29) is 6.42 Å². The molecule has 224 valence electrons. The Morgan fingerprint density at radius 3 is 1.67 bits per heavy atom. The molecular formula is C34H38N4O5. The number of aromatic nitrogens is 2. The summed E-state index contributed by atoms with van der Waals surface area (Å²) in [6, 6.07) is 25.3. The van der Waals surface area contributed by atoms with Gasteiger partial charge in [-0.25, -0.2) is 9.59 Å². The van der Waals surface area contributed by atoms with Crippen molar-refractivity contribution in [1.29, 1.82) is 0 Å². The highest BCUT2D eigenvalue weighted by Crippen LogP contribution is 2.19. The summed E-state index contributed by atoms with van der Waals surface area (Å²) < 4.78 is 11.2. The van der Waals surface area contributed by atoms with Gasteiger partial charge in [0.1, 0.15) is 12.2 Å². The summed E-state index contributed by atoms with van der Waals surface area (Å²) in [6.07, 6.45) is 4.23. The second-order valence-electron chi connectivity index (χ2n) is 10.4. The zero-order valence-electron chi connectivity index (χ0n) is 24.4. The van der Waals surface area contributed by atoms with Gasteiger partial charge >= 0.3 is 12.2 Å². The second kappa shape index (κ2) is 16.0. The monoisotopic (exact) mass is 582 g/mol. The van der Waals surface area contributed by atoms with Gasteiger partial charge in [0.25, 0.3) is 0 Å². The van der Waals surface area contributed by atoms with Crippen LogP contribution >= 0.6 is 0 Å². The average molecular weight is 583 g/mol. The Morgan fingerprint density at radius 2 is 1.19 bits per heavy atom. The van der Waals surface area contributed by atoms with Crippen molar-refractivity contribution in [3.63, 3.8) is 0 Å². The highest BCUT2D eigenvalue weighted by Gasteiger charge is 2.28. The molecule has 0 aliphatic rings. The highest BCUT2D eigenvalue weighted by molar-refractivity contribution is 5.68. The maximum atomic E-state index is 13.0. The van der Waals surface area contributed by atoms with Crippen LogP contribution < -0.4 is 10.6 Å². The number of nitrogens with one attached hydrogen (secondary N) is 2. The summed E-state index contributed by atoms with van der Waals surface area (Å²) in [7, 11) is 0. The van der Waals surface area contributed by atoms with E-state index in [1.165, 1.54) is 0 Å². The minimum atomic E-state index is -1.02. The number of rotatable bonds is 13. The van der Waals surface area contributed by atoms with Crippen LogP contribution in [0.15, 0.2) is 110 Å². The maximum Gasteiger partial charge on any atom is 0.408 e. The van der Waals surface area contributed by atoms with Crippen molar-refractivity contribution in [1.82, 2.24) is 20.6 Å². The van der Waals surface area contributed by atoms with Crippen LogP contribution in [0.4, 0.5) is 9.59 Å². The number of nitrogens with zero attached hydrogens (tertiary/aromatic N) is 2. The summed E-state index contributed by atoms with van der Waals surface area (Å²) in [4.78, 5) is 34.1. The van der Waals surface area contributed by atoms with Crippen LogP contribution in [-0.2, 0) is 22.3 Å². The lowest BCUT2D eigenvalue weighted by Crippen LogP contribution is -2.49. The highest BCUT2D eigenvalue weighted by atomic mass is 16.6. The van der Waals surface area contributed by atoms with Gasteiger partial charge in [0.15, 0.2) is 0 Å². The van der Waals surface area contributed by atoms with Gasteiger partial charge in [-0.15, -0.1) is 0 Å². The topological polar surface area (TPSA) is 123 Å². The van der Waals surface area contributed by atoms with Gasteiger partial charge in [-0.05, 0) is 56.4 Å². The van der Waals surface area contributed by atoms with Crippen molar-refractivity contribution in [3.05, 3.63) is 132 Å².